The number of alkyl halides is 1. The molecule has 0 fully saturated rings. The van der Waals surface area contributed by atoms with Crippen molar-refractivity contribution in [2.45, 2.75) is 26.4 Å². The van der Waals surface area contributed by atoms with Gasteiger partial charge in [0.25, 0.3) is 0 Å². The number of halogens is 3. The van der Waals surface area contributed by atoms with Gasteiger partial charge in [0.1, 0.15) is 10.6 Å². The van der Waals surface area contributed by atoms with Crippen LogP contribution >= 0.6 is 61.1 Å². The van der Waals surface area contributed by atoms with E-state index in [2.05, 4.69) is 110 Å². The molecule has 0 saturated heterocycles. The van der Waals surface area contributed by atoms with Crippen LogP contribution in [0.4, 0.5) is 0 Å². The maximum atomic E-state index is 11.8. The second-order valence-corrected chi connectivity index (χ2v) is 11.6. The summed E-state index contributed by atoms with van der Waals surface area (Å²) in [6.45, 7) is 1.75. The van der Waals surface area contributed by atoms with Crippen molar-refractivity contribution >= 4 is 78.0 Å². The first-order valence-corrected chi connectivity index (χ1v) is 12.4. The lowest BCUT2D eigenvalue weighted by molar-refractivity contribution is -0.133. The van der Waals surface area contributed by atoms with Crippen LogP contribution in [0, 0.1) is 7.14 Å². The van der Waals surface area contributed by atoms with Gasteiger partial charge in [-0.1, -0.05) is 15.9 Å². The highest BCUT2D eigenvalue weighted by Crippen LogP contribution is 2.33. The summed E-state index contributed by atoms with van der Waals surface area (Å²) < 4.78 is 7.80. The molecule has 1 atom stereocenters. The van der Waals surface area contributed by atoms with Gasteiger partial charge in [-0.15, -0.1) is 0 Å². The first-order valence-electron chi connectivity index (χ1n) is 8.15. The molecule has 0 spiro atoms. The normalized spacial score (nSPS) is 12.0. The lowest BCUT2D eigenvalue weighted by Crippen LogP contribution is -2.17. The molecule has 2 nitrogen and oxygen atoms in total. The van der Waals surface area contributed by atoms with Crippen LogP contribution in [0.15, 0.2) is 87.5 Å². The average Bonchev–Trinajstić information content (AvgIpc) is 2.66. The first-order chi connectivity index (χ1) is 12.9. The summed E-state index contributed by atoms with van der Waals surface area (Å²) in [5, 5.41) is 0. The second kappa shape index (κ2) is 9.76. The Morgan fingerprint density at radius 3 is 1.56 bits per heavy atom. The zero-order chi connectivity index (χ0) is 19.4. The number of hydrogen-bond acceptors (Lipinski definition) is 2. The minimum atomic E-state index is -0.328. The fourth-order valence-electron chi connectivity index (χ4n) is 2.39. The monoisotopic (exact) mass is 665 g/mol. The maximum absolute atomic E-state index is 11.8. The van der Waals surface area contributed by atoms with Gasteiger partial charge in [0.2, 0.25) is 0 Å². The third kappa shape index (κ3) is 5.71. The third-order valence-electron chi connectivity index (χ3n) is 3.70. The Morgan fingerprint density at radius 1 is 0.815 bits per heavy atom. The van der Waals surface area contributed by atoms with Crippen LogP contribution in [0.25, 0.3) is 0 Å². The summed E-state index contributed by atoms with van der Waals surface area (Å²) in [5.41, 5.74) is 0. The molecule has 0 amide bonds. The van der Waals surface area contributed by atoms with Gasteiger partial charge in [0, 0.05) is 7.14 Å². The molecule has 0 heterocycles. The van der Waals surface area contributed by atoms with Crippen LogP contribution in [-0.2, 0) is 15.7 Å². The van der Waals surface area contributed by atoms with Gasteiger partial charge >= 0.3 is 5.97 Å². The third-order valence-corrected chi connectivity index (χ3v) is 7.74. The van der Waals surface area contributed by atoms with Gasteiger partial charge in [-0.2, -0.15) is 0 Å². The van der Waals surface area contributed by atoms with Crippen molar-refractivity contribution in [2.75, 3.05) is 0 Å². The summed E-state index contributed by atoms with van der Waals surface area (Å²) in [5.74, 6) is 0.265. The van der Waals surface area contributed by atoms with E-state index < -0.39 is 0 Å². The van der Waals surface area contributed by atoms with E-state index in [-0.39, 0.29) is 21.7 Å². The summed E-state index contributed by atoms with van der Waals surface area (Å²) >= 11 is 7.88. The number of benzene rings is 3. The van der Waals surface area contributed by atoms with Crippen molar-refractivity contribution in [1.82, 2.24) is 0 Å². The van der Waals surface area contributed by atoms with Gasteiger partial charge in [-0.3, -0.25) is 4.79 Å². The van der Waals surface area contributed by atoms with Gasteiger partial charge < -0.3 is 4.74 Å². The fourth-order valence-corrected chi connectivity index (χ4v) is 5.24. The predicted octanol–water partition coefficient (Wildman–Crippen LogP) is 6.68. The van der Waals surface area contributed by atoms with Crippen LogP contribution in [0.5, 0.6) is 5.75 Å². The van der Waals surface area contributed by atoms with E-state index in [9.17, 15) is 4.79 Å². The SMILES string of the molecule is CC(Br)C(=O)Oc1ccc([S+](c2ccc(I)cc2)c2ccc(I)cc2)cc1. The molecule has 3 aromatic carbocycles. The number of esters is 1. The summed E-state index contributed by atoms with van der Waals surface area (Å²) in [4.78, 5) is 15.1. The van der Waals surface area contributed by atoms with Crippen LogP contribution < -0.4 is 4.74 Å². The summed E-state index contributed by atoms with van der Waals surface area (Å²) in [6, 6.07) is 25.1. The van der Waals surface area contributed by atoms with Crippen LogP contribution in [-0.4, -0.2) is 10.8 Å². The predicted molar refractivity (Wildman–Crippen MR) is 131 cm³/mol. The standard InChI is InChI=1S/C21H16BrI2O2S/c1-14(22)21(25)26-17-6-12-20(13-7-17)27(18-8-2-15(23)3-9-18)19-10-4-16(24)5-11-19/h2-14H,1H3/q+1. The zero-order valence-corrected chi connectivity index (χ0v) is 21.1. The Morgan fingerprint density at radius 2 is 1.19 bits per heavy atom. The molecule has 3 rings (SSSR count). The summed E-state index contributed by atoms with van der Waals surface area (Å²) in [6.07, 6.45) is 0. The van der Waals surface area contributed by atoms with Crippen molar-refractivity contribution in [3.8, 4) is 5.75 Å². The highest BCUT2D eigenvalue weighted by molar-refractivity contribution is 14.1. The molecule has 0 aliphatic rings. The van der Waals surface area contributed by atoms with Gasteiger partial charge in [0.15, 0.2) is 14.7 Å². The molecule has 6 heteroatoms. The van der Waals surface area contributed by atoms with Crippen LogP contribution in [0.1, 0.15) is 6.92 Å². The van der Waals surface area contributed by atoms with Gasteiger partial charge in [-0.25, -0.2) is 0 Å². The molecule has 138 valence electrons. The smallest absolute Gasteiger partial charge is 0.324 e. The van der Waals surface area contributed by atoms with E-state index >= 15 is 0 Å². The molecular weight excluding hydrogens is 650 g/mol. The zero-order valence-electron chi connectivity index (χ0n) is 14.4. The Hall–Kier alpha value is -0.580. The van der Waals surface area contributed by atoms with E-state index in [1.807, 2.05) is 24.3 Å². The molecule has 1 unspecified atom stereocenters. The molecule has 27 heavy (non-hydrogen) atoms. The first kappa shape index (κ1) is 21.1. The molecule has 0 aliphatic carbocycles. The van der Waals surface area contributed by atoms with E-state index in [1.54, 1.807) is 6.92 Å². The van der Waals surface area contributed by atoms with Crippen molar-refractivity contribution in [3.63, 3.8) is 0 Å². The molecule has 0 N–H and O–H groups in total. The molecule has 0 bridgehead atoms. The second-order valence-electron chi connectivity index (χ2n) is 5.72. The van der Waals surface area contributed by atoms with Gasteiger partial charge in [0.05, 0.1) is 10.9 Å². The average molecular weight is 666 g/mol. The summed E-state index contributed by atoms with van der Waals surface area (Å²) in [7, 11) is -0.217. The highest BCUT2D eigenvalue weighted by Gasteiger charge is 2.28. The van der Waals surface area contributed by atoms with E-state index in [0.717, 1.165) is 0 Å². The van der Waals surface area contributed by atoms with E-state index in [4.69, 9.17) is 4.74 Å². The number of rotatable bonds is 5. The molecule has 0 aliphatic heterocycles. The van der Waals surface area contributed by atoms with Crippen molar-refractivity contribution in [1.29, 1.82) is 0 Å². The fraction of sp³-hybridized carbons (Fsp3) is 0.0952. The Balaban J connectivity index is 1.96. The van der Waals surface area contributed by atoms with Crippen molar-refractivity contribution < 1.29 is 9.53 Å². The van der Waals surface area contributed by atoms with E-state index in [1.165, 1.54) is 21.8 Å². The molecular formula is C21H16BrI2O2S+. The number of hydrogen-bond donors (Lipinski definition) is 0. The number of carbonyl (C=O) groups excluding carboxylic acids is 1. The minimum absolute atomic E-state index is 0.217. The minimum Gasteiger partial charge on any atom is -0.426 e. The molecule has 0 saturated carbocycles. The molecule has 0 radical (unpaired) electrons. The topological polar surface area (TPSA) is 26.3 Å². The van der Waals surface area contributed by atoms with E-state index in [0.29, 0.717) is 5.75 Å². The van der Waals surface area contributed by atoms with Crippen molar-refractivity contribution in [3.05, 3.63) is 79.9 Å². The molecule has 3 aromatic rings. The van der Waals surface area contributed by atoms with Gasteiger partial charge in [-0.05, 0) is 125 Å². The molecule has 0 aromatic heterocycles. The largest absolute Gasteiger partial charge is 0.426 e. The Labute approximate surface area is 197 Å². The lowest BCUT2D eigenvalue weighted by Gasteiger charge is -2.10. The number of carbonyl (C=O) groups is 1. The Kier molecular flexibility index (Phi) is 7.64. The quantitative estimate of drug-likeness (QED) is 0.100. The highest BCUT2D eigenvalue weighted by atomic mass is 127. The Bertz CT molecular complexity index is 865. The van der Waals surface area contributed by atoms with Crippen LogP contribution in [0.2, 0.25) is 0 Å². The number of ether oxygens (including phenoxy) is 1. The van der Waals surface area contributed by atoms with Crippen molar-refractivity contribution in [2.24, 2.45) is 0 Å². The van der Waals surface area contributed by atoms with Crippen LogP contribution in [0.3, 0.4) is 0 Å². The lowest BCUT2D eigenvalue weighted by atomic mass is 10.3. The maximum Gasteiger partial charge on any atom is 0.324 e.